The van der Waals surface area contributed by atoms with Crippen molar-refractivity contribution in [1.29, 1.82) is 5.26 Å². The lowest BCUT2D eigenvalue weighted by atomic mass is 9.96. The second-order valence-corrected chi connectivity index (χ2v) is 9.47. The molecule has 1 aromatic carbocycles. The minimum Gasteiger partial charge on any atom is -0.364 e. The van der Waals surface area contributed by atoms with Crippen molar-refractivity contribution in [3.63, 3.8) is 0 Å². The number of nitrogens with zero attached hydrogens (tertiary/aromatic N) is 6. The summed E-state index contributed by atoms with van der Waals surface area (Å²) in [5, 5.41) is 9.17. The molecule has 1 aliphatic heterocycles. The van der Waals surface area contributed by atoms with E-state index in [-0.39, 0.29) is 29.6 Å². The van der Waals surface area contributed by atoms with Gasteiger partial charge in [0.2, 0.25) is 0 Å². The monoisotopic (exact) mass is 504 g/mol. The summed E-state index contributed by atoms with van der Waals surface area (Å²) < 4.78 is 57.9. The number of hydrogen-bond acceptors (Lipinski definition) is 5. The largest absolute Gasteiger partial charge is 0.416 e. The highest BCUT2D eigenvalue weighted by molar-refractivity contribution is 5.87. The number of aryl methyl sites for hydroxylation is 2. The van der Waals surface area contributed by atoms with Gasteiger partial charge < -0.3 is 9.47 Å². The van der Waals surface area contributed by atoms with Gasteiger partial charge in [0.05, 0.1) is 23.7 Å². The number of fused-ring (bicyclic) bond motifs is 1. The summed E-state index contributed by atoms with van der Waals surface area (Å²) in [6.45, 7) is 6.43. The molecule has 1 unspecified atom stereocenters. The predicted octanol–water partition coefficient (Wildman–Crippen LogP) is 4.16. The molecule has 3 heterocycles. The third-order valence-electron chi connectivity index (χ3n) is 7.16. The molecule has 36 heavy (non-hydrogen) atoms. The normalized spacial score (nSPS) is 20.1. The van der Waals surface area contributed by atoms with Gasteiger partial charge in [-0.05, 0) is 38.5 Å². The van der Waals surface area contributed by atoms with Crippen LogP contribution in [0.25, 0.3) is 11.2 Å². The van der Waals surface area contributed by atoms with E-state index in [1.54, 1.807) is 25.6 Å². The maximum atomic E-state index is 13.7. The first-order valence-corrected chi connectivity index (χ1v) is 11.7. The first-order chi connectivity index (χ1) is 16.8. The average molecular weight is 505 g/mol. The number of rotatable bonds is 4. The Kier molecular flexibility index (Phi) is 6.60. The second-order valence-electron chi connectivity index (χ2n) is 9.47. The van der Waals surface area contributed by atoms with Gasteiger partial charge in [-0.1, -0.05) is 6.07 Å². The van der Waals surface area contributed by atoms with Gasteiger partial charge in [0.1, 0.15) is 22.8 Å². The number of halogens is 4. The van der Waals surface area contributed by atoms with Gasteiger partial charge in [0.25, 0.3) is 5.56 Å². The molecule has 0 saturated carbocycles. The molecule has 3 aromatic rings. The number of anilines is 1. The standard InChI is InChI=1S/C25H28F4N6O/c1-14-13-35(20-11-22(36)33(5)24-23(20)31-21(8-9-30)32(24)4)15(2)12-34(14)16(3)18-7-6-17(26)10-19(18)25(27,28)29/h6-7,10-11,14-16H,8,12-13H2,1-5H3/t14-,15+,16?/m1/s1. The Morgan fingerprint density at radius 3 is 2.47 bits per heavy atom. The van der Waals surface area contributed by atoms with Crippen molar-refractivity contribution in [1.82, 2.24) is 19.0 Å². The van der Waals surface area contributed by atoms with E-state index >= 15 is 0 Å². The number of nitriles is 1. The van der Waals surface area contributed by atoms with Crippen LogP contribution >= 0.6 is 0 Å². The molecule has 0 N–H and O–H groups in total. The highest BCUT2D eigenvalue weighted by Crippen LogP contribution is 2.39. The topological polar surface area (TPSA) is 70.1 Å². The third kappa shape index (κ3) is 4.34. The van der Waals surface area contributed by atoms with E-state index in [0.29, 0.717) is 41.8 Å². The molecule has 1 saturated heterocycles. The van der Waals surface area contributed by atoms with Gasteiger partial charge >= 0.3 is 6.18 Å². The van der Waals surface area contributed by atoms with Crippen LogP contribution in [0.4, 0.5) is 23.2 Å². The van der Waals surface area contributed by atoms with E-state index in [1.165, 1.54) is 16.7 Å². The van der Waals surface area contributed by atoms with E-state index < -0.39 is 23.6 Å². The van der Waals surface area contributed by atoms with Gasteiger partial charge in [-0.25, -0.2) is 9.37 Å². The Bertz CT molecular complexity index is 1400. The maximum absolute atomic E-state index is 13.7. The number of benzene rings is 1. The summed E-state index contributed by atoms with van der Waals surface area (Å²) in [7, 11) is 3.41. The molecule has 0 bridgehead atoms. The van der Waals surface area contributed by atoms with E-state index in [9.17, 15) is 22.4 Å². The molecule has 0 amide bonds. The van der Waals surface area contributed by atoms with Crippen LogP contribution in [0, 0.1) is 17.1 Å². The molecular formula is C25H28F4N6O. The highest BCUT2D eigenvalue weighted by Gasteiger charge is 2.39. The van der Waals surface area contributed by atoms with Crippen molar-refractivity contribution in [2.45, 2.75) is 51.5 Å². The first-order valence-electron chi connectivity index (χ1n) is 11.7. The number of imidazole rings is 1. The van der Waals surface area contributed by atoms with E-state index in [1.807, 2.05) is 18.7 Å². The predicted molar refractivity (Wildman–Crippen MR) is 128 cm³/mol. The summed E-state index contributed by atoms with van der Waals surface area (Å²) in [5.41, 5.74) is 0.670. The summed E-state index contributed by atoms with van der Waals surface area (Å²) in [5.74, 6) is -0.385. The molecule has 3 atom stereocenters. The number of piperazine rings is 1. The minimum atomic E-state index is -4.67. The third-order valence-corrected chi connectivity index (χ3v) is 7.16. The van der Waals surface area contributed by atoms with Gasteiger partial charge in [-0.3, -0.25) is 14.3 Å². The molecule has 4 rings (SSSR count). The zero-order chi connectivity index (χ0) is 26.5. The van der Waals surface area contributed by atoms with E-state index in [0.717, 1.165) is 6.07 Å². The number of alkyl halides is 3. The molecule has 0 radical (unpaired) electrons. The van der Waals surface area contributed by atoms with Crippen molar-refractivity contribution >= 4 is 16.9 Å². The number of aromatic nitrogens is 3. The van der Waals surface area contributed by atoms with Crippen LogP contribution in [0.3, 0.4) is 0 Å². The fourth-order valence-corrected chi connectivity index (χ4v) is 5.27. The molecular weight excluding hydrogens is 476 g/mol. The van der Waals surface area contributed by atoms with Crippen LogP contribution in [0.1, 0.15) is 43.8 Å². The molecule has 7 nitrogen and oxygen atoms in total. The Hall–Kier alpha value is -3.39. The van der Waals surface area contributed by atoms with Crippen LogP contribution in [0.2, 0.25) is 0 Å². The van der Waals surface area contributed by atoms with Crippen molar-refractivity contribution in [2.75, 3.05) is 18.0 Å². The van der Waals surface area contributed by atoms with E-state index in [2.05, 4.69) is 16.0 Å². The van der Waals surface area contributed by atoms with Crippen molar-refractivity contribution < 1.29 is 17.6 Å². The lowest BCUT2D eigenvalue weighted by molar-refractivity contribution is -0.139. The van der Waals surface area contributed by atoms with Gasteiger partial charge in [0.15, 0.2) is 0 Å². The van der Waals surface area contributed by atoms with Crippen LogP contribution in [-0.4, -0.2) is 44.2 Å². The lowest BCUT2D eigenvalue weighted by Gasteiger charge is -2.48. The Morgan fingerprint density at radius 2 is 1.83 bits per heavy atom. The Labute approximate surface area is 206 Å². The fraction of sp³-hybridized carbons (Fsp3) is 0.480. The molecule has 1 fully saturated rings. The van der Waals surface area contributed by atoms with Crippen molar-refractivity contribution in [2.24, 2.45) is 14.1 Å². The maximum Gasteiger partial charge on any atom is 0.416 e. The summed E-state index contributed by atoms with van der Waals surface area (Å²) in [6.07, 6.45) is -4.58. The first kappa shape index (κ1) is 25.7. The quantitative estimate of drug-likeness (QED) is 0.500. The summed E-state index contributed by atoms with van der Waals surface area (Å²) in [6, 6.07) is 5.49. The Balaban J connectivity index is 1.71. The van der Waals surface area contributed by atoms with Crippen LogP contribution in [0.15, 0.2) is 29.1 Å². The highest BCUT2D eigenvalue weighted by atomic mass is 19.4. The van der Waals surface area contributed by atoms with Gasteiger partial charge in [0, 0.05) is 51.4 Å². The van der Waals surface area contributed by atoms with E-state index in [4.69, 9.17) is 5.26 Å². The van der Waals surface area contributed by atoms with Gasteiger partial charge in [-0.2, -0.15) is 18.4 Å². The smallest absolute Gasteiger partial charge is 0.364 e. The molecule has 2 aromatic heterocycles. The zero-order valence-corrected chi connectivity index (χ0v) is 20.8. The number of pyridine rings is 1. The molecule has 0 aliphatic carbocycles. The lowest BCUT2D eigenvalue weighted by Crippen LogP contribution is -2.57. The Morgan fingerprint density at radius 1 is 1.14 bits per heavy atom. The molecule has 1 aliphatic rings. The van der Waals surface area contributed by atoms with Crippen LogP contribution in [0.5, 0.6) is 0 Å². The average Bonchev–Trinajstić information content (AvgIpc) is 3.13. The van der Waals surface area contributed by atoms with Crippen LogP contribution < -0.4 is 10.5 Å². The fourth-order valence-electron chi connectivity index (χ4n) is 5.27. The second kappa shape index (κ2) is 9.24. The van der Waals surface area contributed by atoms with Crippen molar-refractivity contribution in [3.05, 3.63) is 57.4 Å². The minimum absolute atomic E-state index is 0.0262. The summed E-state index contributed by atoms with van der Waals surface area (Å²) in [4.78, 5) is 21.5. The molecule has 11 heteroatoms. The van der Waals surface area contributed by atoms with Crippen LogP contribution in [-0.2, 0) is 26.7 Å². The SMILES string of the molecule is CC(c1ccc(F)cc1C(F)(F)F)N1C[C@H](C)N(c2cc(=O)n(C)c3c2nc(CC#N)n3C)C[C@H]1C. The van der Waals surface area contributed by atoms with Crippen molar-refractivity contribution in [3.8, 4) is 6.07 Å². The van der Waals surface area contributed by atoms with Gasteiger partial charge in [-0.15, -0.1) is 0 Å². The number of hydrogen-bond donors (Lipinski definition) is 0. The zero-order valence-electron chi connectivity index (χ0n) is 20.8. The molecule has 0 spiro atoms. The molecule has 192 valence electrons. The summed E-state index contributed by atoms with van der Waals surface area (Å²) >= 11 is 0.